The van der Waals surface area contributed by atoms with Crippen molar-refractivity contribution in [1.82, 2.24) is 4.90 Å². The minimum atomic E-state index is -0.255. The molecule has 1 atom stereocenters. The number of rotatable bonds is 7. The Morgan fingerprint density at radius 2 is 2.25 bits per heavy atom. The Morgan fingerprint density at radius 3 is 2.80 bits per heavy atom. The molecule has 2 N–H and O–H groups in total. The summed E-state index contributed by atoms with van der Waals surface area (Å²) >= 11 is 0. The van der Waals surface area contributed by atoms with E-state index in [0.717, 1.165) is 31.2 Å². The van der Waals surface area contributed by atoms with Crippen LogP contribution in [0.15, 0.2) is 24.3 Å². The monoisotopic (exact) mass is 278 g/mol. The number of amides is 1. The van der Waals surface area contributed by atoms with Gasteiger partial charge in [0, 0.05) is 19.1 Å². The number of hydrogen-bond acceptors (Lipinski definition) is 2. The number of halogens is 1. The van der Waals surface area contributed by atoms with Gasteiger partial charge in [0.2, 0.25) is 5.91 Å². The Balaban J connectivity index is 2.08. The summed E-state index contributed by atoms with van der Waals surface area (Å²) in [5.41, 5.74) is 6.57. The van der Waals surface area contributed by atoms with Crippen molar-refractivity contribution >= 4 is 5.91 Å². The zero-order valence-corrected chi connectivity index (χ0v) is 12.0. The highest BCUT2D eigenvalue weighted by molar-refractivity contribution is 5.79. The summed E-state index contributed by atoms with van der Waals surface area (Å²) in [7, 11) is 0. The van der Waals surface area contributed by atoms with E-state index < -0.39 is 0 Å². The first-order valence-corrected chi connectivity index (χ1v) is 7.40. The molecule has 0 aliphatic heterocycles. The van der Waals surface area contributed by atoms with E-state index in [1.165, 1.54) is 12.1 Å². The number of carbonyl (C=O) groups excluding carboxylic acids is 1. The van der Waals surface area contributed by atoms with Crippen LogP contribution < -0.4 is 5.73 Å². The van der Waals surface area contributed by atoms with Crippen LogP contribution in [0.4, 0.5) is 4.39 Å². The van der Waals surface area contributed by atoms with Crippen LogP contribution in [0.1, 0.15) is 38.2 Å². The van der Waals surface area contributed by atoms with Crippen molar-refractivity contribution in [2.75, 3.05) is 6.54 Å². The Kier molecular flexibility index (Phi) is 5.12. The second-order valence-corrected chi connectivity index (χ2v) is 5.55. The number of hydrogen-bond donors (Lipinski definition) is 1. The summed E-state index contributed by atoms with van der Waals surface area (Å²) in [4.78, 5) is 14.5. The fraction of sp³-hybridized carbons (Fsp3) is 0.562. The van der Waals surface area contributed by atoms with Crippen molar-refractivity contribution < 1.29 is 9.18 Å². The summed E-state index contributed by atoms with van der Waals surface area (Å²) in [6.45, 7) is 2.94. The van der Waals surface area contributed by atoms with E-state index >= 15 is 0 Å². The summed E-state index contributed by atoms with van der Waals surface area (Å²) in [5.74, 6) is -0.232. The van der Waals surface area contributed by atoms with Crippen LogP contribution in [0.2, 0.25) is 0 Å². The van der Waals surface area contributed by atoms with E-state index in [4.69, 9.17) is 5.73 Å². The summed E-state index contributed by atoms with van der Waals surface area (Å²) in [5, 5.41) is 0. The smallest absolute Gasteiger partial charge is 0.227 e. The lowest BCUT2D eigenvalue weighted by Crippen LogP contribution is -2.40. The maximum absolute atomic E-state index is 13.3. The van der Waals surface area contributed by atoms with Gasteiger partial charge in [-0.3, -0.25) is 4.79 Å². The largest absolute Gasteiger partial charge is 0.335 e. The number of nitrogens with zero attached hydrogens (tertiary/aromatic N) is 1. The molecular weight excluding hydrogens is 255 g/mol. The van der Waals surface area contributed by atoms with Crippen LogP contribution >= 0.6 is 0 Å². The van der Waals surface area contributed by atoms with Crippen molar-refractivity contribution in [3.8, 4) is 0 Å². The molecule has 1 aromatic carbocycles. The predicted molar refractivity (Wildman–Crippen MR) is 77.4 cm³/mol. The normalized spacial score (nSPS) is 15.9. The summed E-state index contributed by atoms with van der Waals surface area (Å²) < 4.78 is 13.3. The highest BCUT2D eigenvalue weighted by Crippen LogP contribution is 2.30. The molecule has 1 aliphatic rings. The molecule has 2 rings (SSSR count). The van der Waals surface area contributed by atoms with E-state index in [0.29, 0.717) is 19.1 Å². The van der Waals surface area contributed by atoms with Crippen LogP contribution in [0, 0.1) is 11.7 Å². The molecule has 0 aromatic heterocycles. The van der Waals surface area contributed by atoms with Crippen molar-refractivity contribution in [1.29, 1.82) is 0 Å². The average molecular weight is 278 g/mol. The molecule has 110 valence electrons. The van der Waals surface area contributed by atoms with Crippen molar-refractivity contribution in [3.63, 3.8) is 0 Å². The number of benzene rings is 1. The van der Waals surface area contributed by atoms with Crippen LogP contribution in [0.5, 0.6) is 0 Å². The molecule has 1 unspecified atom stereocenters. The molecule has 4 heteroatoms. The average Bonchev–Trinajstić information content (AvgIpc) is 3.26. The quantitative estimate of drug-likeness (QED) is 0.833. The van der Waals surface area contributed by atoms with Gasteiger partial charge in [0.25, 0.3) is 0 Å². The maximum atomic E-state index is 13.3. The van der Waals surface area contributed by atoms with Gasteiger partial charge < -0.3 is 10.6 Å². The van der Waals surface area contributed by atoms with E-state index in [9.17, 15) is 9.18 Å². The standard InChI is InChI=1S/C16H23FN2O/c1-2-4-13(10-18)16(20)19(15-7-8-15)11-12-5-3-6-14(17)9-12/h3,5-6,9,13,15H,2,4,7-8,10-11,18H2,1H3. The van der Waals surface area contributed by atoms with Gasteiger partial charge >= 0.3 is 0 Å². The van der Waals surface area contributed by atoms with Crippen molar-refractivity contribution in [2.24, 2.45) is 11.7 Å². The first-order chi connectivity index (χ1) is 9.65. The minimum Gasteiger partial charge on any atom is -0.335 e. The van der Waals surface area contributed by atoms with Crippen LogP contribution in [0.3, 0.4) is 0 Å². The molecule has 0 heterocycles. The lowest BCUT2D eigenvalue weighted by Gasteiger charge is -2.27. The third-order valence-corrected chi connectivity index (χ3v) is 3.78. The fourth-order valence-electron chi connectivity index (χ4n) is 2.53. The summed E-state index contributed by atoms with van der Waals surface area (Å²) in [6, 6.07) is 6.79. The van der Waals surface area contributed by atoms with Gasteiger partial charge in [0.1, 0.15) is 5.82 Å². The third kappa shape index (κ3) is 3.79. The molecule has 1 aromatic rings. The van der Waals surface area contributed by atoms with Crippen LogP contribution in [-0.4, -0.2) is 23.4 Å². The summed E-state index contributed by atoms with van der Waals surface area (Å²) in [6.07, 6.45) is 3.86. The molecule has 0 radical (unpaired) electrons. The molecule has 20 heavy (non-hydrogen) atoms. The number of carbonyl (C=O) groups is 1. The van der Waals surface area contributed by atoms with E-state index in [2.05, 4.69) is 6.92 Å². The topological polar surface area (TPSA) is 46.3 Å². The Morgan fingerprint density at radius 1 is 1.50 bits per heavy atom. The molecule has 0 saturated heterocycles. The zero-order chi connectivity index (χ0) is 14.5. The molecule has 0 bridgehead atoms. The van der Waals surface area contributed by atoms with Gasteiger partial charge in [-0.05, 0) is 37.0 Å². The predicted octanol–water partition coefficient (Wildman–Crippen LogP) is 2.69. The maximum Gasteiger partial charge on any atom is 0.227 e. The molecule has 3 nitrogen and oxygen atoms in total. The highest BCUT2D eigenvalue weighted by atomic mass is 19.1. The van der Waals surface area contributed by atoms with Gasteiger partial charge in [0.15, 0.2) is 0 Å². The van der Waals surface area contributed by atoms with Crippen molar-refractivity contribution in [2.45, 2.75) is 45.2 Å². The molecule has 1 fully saturated rings. The molecular formula is C16H23FN2O. The van der Waals surface area contributed by atoms with Gasteiger partial charge in [-0.25, -0.2) is 4.39 Å². The molecule has 0 spiro atoms. The van der Waals surface area contributed by atoms with Gasteiger partial charge in [-0.2, -0.15) is 0 Å². The Labute approximate surface area is 120 Å². The van der Waals surface area contributed by atoms with Gasteiger partial charge in [-0.15, -0.1) is 0 Å². The first kappa shape index (κ1) is 15.0. The van der Waals surface area contributed by atoms with Gasteiger partial charge in [0.05, 0.1) is 5.92 Å². The molecule has 1 aliphatic carbocycles. The second kappa shape index (κ2) is 6.84. The molecule has 1 saturated carbocycles. The SMILES string of the molecule is CCCC(CN)C(=O)N(Cc1cccc(F)c1)C1CC1. The second-order valence-electron chi connectivity index (χ2n) is 5.55. The Bertz CT molecular complexity index is 460. The molecule has 1 amide bonds. The fourth-order valence-corrected chi connectivity index (χ4v) is 2.53. The lowest BCUT2D eigenvalue weighted by molar-refractivity contribution is -0.136. The van der Waals surface area contributed by atoms with E-state index in [1.54, 1.807) is 6.07 Å². The Hall–Kier alpha value is -1.42. The first-order valence-electron chi connectivity index (χ1n) is 7.40. The highest BCUT2D eigenvalue weighted by Gasteiger charge is 2.35. The minimum absolute atomic E-state index is 0.103. The van der Waals surface area contributed by atoms with E-state index in [1.807, 2.05) is 11.0 Å². The zero-order valence-electron chi connectivity index (χ0n) is 12.0. The van der Waals surface area contributed by atoms with Crippen molar-refractivity contribution in [3.05, 3.63) is 35.6 Å². The third-order valence-electron chi connectivity index (χ3n) is 3.78. The van der Waals surface area contributed by atoms with Crippen LogP contribution in [0.25, 0.3) is 0 Å². The van der Waals surface area contributed by atoms with Gasteiger partial charge in [-0.1, -0.05) is 25.5 Å². The van der Waals surface area contributed by atoms with E-state index in [-0.39, 0.29) is 17.6 Å². The number of nitrogens with two attached hydrogens (primary N) is 1. The lowest BCUT2D eigenvalue weighted by atomic mass is 10.0. The van der Waals surface area contributed by atoms with Crippen LogP contribution in [-0.2, 0) is 11.3 Å².